The molecule has 0 saturated carbocycles. The van der Waals surface area contributed by atoms with Crippen LogP contribution in [0.15, 0.2) is 29.3 Å². The number of likely N-dealkylation sites (tertiary alicyclic amines) is 1. The molecule has 1 aliphatic rings. The van der Waals surface area contributed by atoms with Crippen LogP contribution < -0.4 is 10.6 Å². The number of benzene rings is 1. The van der Waals surface area contributed by atoms with Crippen LogP contribution in [0.3, 0.4) is 0 Å². The third kappa shape index (κ3) is 8.55. The zero-order chi connectivity index (χ0) is 19.7. The fraction of sp³-hybridized carbons (Fsp3) is 0.650. The molecule has 1 unspecified atom stereocenters. The van der Waals surface area contributed by atoms with Crippen molar-refractivity contribution in [1.29, 1.82) is 0 Å². The molecule has 2 rings (SSSR count). The van der Waals surface area contributed by atoms with E-state index in [2.05, 4.69) is 27.4 Å². The van der Waals surface area contributed by atoms with Gasteiger partial charge in [-0.3, -0.25) is 4.99 Å². The molecule has 0 aliphatic carbocycles. The van der Waals surface area contributed by atoms with Crippen molar-refractivity contribution in [3.05, 3.63) is 35.4 Å². The van der Waals surface area contributed by atoms with Crippen LogP contribution >= 0.6 is 24.0 Å². The van der Waals surface area contributed by atoms with E-state index in [0.717, 1.165) is 56.4 Å². The standard InChI is InChI=1S/C20H31F3N4.HI/c1-3-12-27-13-10-17(15-27)14-26-19(24-4-2)25-11-9-16-5-7-18(8-6-16)20(21,22)23;/h5-8,17H,3-4,9-15H2,1-2H3,(H2,24,25,26);1H. The Bertz CT molecular complexity index is 590. The highest BCUT2D eigenvalue weighted by Gasteiger charge is 2.29. The Morgan fingerprint density at radius 1 is 1.18 bits per heavy atom. The highest BCUT2D eigenvalue weighted by atomic mass is 127. The van der Waals surface area contributed by atoms with Crippen LogP contribution in [0.5, 0.6) is 0 Å². The van der Waals surface area contributed by atoms with Crippen LogP contribution in [0.4, 0.5) is 13.2 Å². The van der Waals surface area contributed by atoms with Crippen LogP contribution in [0.1, 0.15) is 37.8 Å². The van der Waals surface area contributed by atoms with Gasteiger partial charge in [0.15, 0.2) is 5.96 Å². The zero-order valence-electron chi connectivity index (χ0n) is 16.7. The fourth-order valence-electron chi connectivity index (χ4n) is 3.33. The lowest BCUT2D eigenvalue weighted by Gasteiger charge is -2.15. The number of alkyl halides is 3. The Morgan fingerprint density at radius 3 is 2.50 bits per heavy atom. The fourth-order valence-corrected chi connectivity index (χ4v) is 3.33. The summed E-state index contributed by atoms with van der Waals surface area (Å²) in [4.78, 5) is 7.18. The quantitative estimate of drug-likeness (QED) is 0.313. The van der Waals surface area contributed by atoms with Gasteiger partial charge in [-0.1, -0.05) is 19.1 Å². The first-order chi connectivity index (χ1) is 12.9. The predicted molar refractivity (Wildman–Crippen MR) is 119 cm³/mol. The molecular formula is C20H32F3IN4. The average molecular weight is 512 g/mol. The Balaban J connectivity index is 0.00000392. The van der Waals surface area contributed by atoms with E-state index in [9.17, 15) is 13.2 Å². The van der Waals surface area contributed by atoms with Crippen molar-refractivity contribution >= 4 is 29.9 Å². The lowest BCUT2D eigenvalue weighted by Crippen LogP contribution is -2.38. The molecule has 1 aliphatic heterocycles. The maximum Gasteiger partial charge on any atom is 0.416 e. The average Bonchev–Trinajstić information content (AvgIpc) is 3.07. The minimum absolute atomic E-state index is 0. The summed E-state index contributed by atoms with van der Waals surface area (Å²) >= 11 is 0. The topological polar surface area (TPSA) is 39.7 Å². The van der Waals surface area contributed by atoms with E-state index in [0.29, 0.717) is 18.9 Å². The van der Waals surface area contributed by atoms with Gasteiger partial charge in [0.1, 0.15) is 0 Å². The summed E-state index contributed by atoms with van der Waals surface area (Å²) in [5.74, 6) is 1.38. The maximum atomic E-state index is 12.6. The second-order valence-electron chi connectivity index (χ2n) is 7.05. The van der Waals surface area contributed by atoms with Gasteiger partial charge in [-0.25, -0.2) is 0 Å². The smallest absolute Gasteiger partial charge is 0.357 e. The van der Waals surface area contributed by atoms with Crippen molar-refractivity contribution in [2.24, 2.45) is 10.9 Å². The molecule has 0 amide bonds. The Labute approximate surface area is 183 Å². The molecule has 1 atom stereocenters. The minimum Gasteiger partial charge on any atom is -0.357 e. The molecular weight excluding hydrogens is 480 g/mol. The van der Waals surface area contributed by atoms with Crippen molar-refractivity contribution < 1.29 is 13.2 Å². The van der Waals surface area contributed by atoms with Gasteiger partial charge in [0.2, 0.25) is 0 Å². The number of nitrogens with zero attached hydrogens (tertiary/aromatic N) is 2. The molecule has 1 saturated heterocycles. The van der Waals surface area contributed by atoms with Crippen LogP contribution in [-0.4, -0.2) is 50.1 Å². The normalized spacial score (nSPS) is 18.0. The number of nitrogens with one attached hydrogen (secondary N) is 2. The first kappa shape index (κ1) is 25.0. The van der Waals surface area contributed by atoms with E-state index in [1.54, 1.807) is 0 Å². The van der Waals surface area contributed by atoms with Gasteiger partial charge in [0.05, 0.1) is 5.56 Å². The lowest BCUT2D eigenvalue weighted by atomic mass is 10.1. The highest BCUT2D eigenvalue weighted by molar-refractivity contribution is 14.0. The number of aliphatic imine (C=N–C) groups is 1. The summed E-state index contributed by atoms with van der Waals surface area (Å²) in [6.07, 6.45) is -1.26. The summed E-state index contributed by atoms with van der Waals surface area (Å²) < 4.78 is 37.8. The second-order valence-corrected chi connectivity index (χ2v) is 7.05. The van der Waals surface area contributed by atoms with E-state index in [4.69, 9.17) is 0 Å². The minimum atomic E-state index is -4.28. The van der Waals surface area contributed by atoms with Crippen LogP contribution in [0.2, 0.25) is 0 Å². The summed E-state index contributed by atoms with van der Waals surface area (Å²) in [5.41, 5.74) is 0.264. The summed E-state index contributed by atoms with van der Waals surface area (Å²) in [6.45, 7) is 9.86. The molecule has 0 bridgehead atoms. The largest absolute Gasteiger partial charge is 0.416 e. The maximum absolute atomic E-state index is 12.6. The lowest BCUT2D eigenvalue weighted by molar-refractivity contribution is -0.137. The number of hydrogen-bond donors (Lipinski definition) is 2. The van der Waals surface area contributed by atoms with Gasteiger partial charge >= 0.3 is 6.18 Å². The molecule has 160 valence electrons. The van der Waals surface area contributed by atoms with Gasteiger partial charge in [-0.05, 0) is 62.9 Å². The molecule has 4 nitrogen and oxygen atoms in total. The second kappa shape index (κ2) is 12.5. The van der Waals surface area contributed by atoms with Crippen molar-refractivity contribution in [3.8, 4) is 0 Å². The van der Waals surface area contributed by atoms with E-state index in [-0.39, 0.29) is 24.0 Å². The SMILES string of the molecule is CCCN1CCC(CN=C(NCC)NCCc2ccc(C(F)(F)F)cc2)C1.I. The van der Waals surface area contributed by atoms with Gasteiger partial charge in [0.25, 0.3) is 0 Å². The Morgan fingerprint density at radius 2 is 1.89 bits per heavy atom. The summed E-state index contributed by atoms with van der Waals surface area (Å²) in [7, 11) is 0. The molecule has 8 heteroatoms. The predicted octanol–water partition coefficient (Wildman–Crippen LogP) is 4.15. The Hall–Kier alpha value is -1.03. The van der Waals surface area contributed by atoms with E-state index in [1.165, 1.54) is 25.0 Å². The van der Waals surface area contributed by atoms with Gasteiger partial charge in [-0.2, -0.15) is 13.2 Å². The molecule has 0 aromatic heterocycles. The zero-order valence-corrected chi connectivity index (χ0v) is 19.0. The van der Waals surface area contributed by atoms with Crippen molar-refractivity contribution in [3.63, 3.8) is 0 Å². The van der Waals surface area contributed by atoms with E-state index in [1.807, 2.05) is 6.92 Å². The third-order valence-corrected chi connectivity index (χ3v) is 4.75. The molecule has 1 aromatic carbocycles. The molecule has 2 N–H and O–H groups in total. The molecule has 1 aromatic rings. The van der Waals surface area contributed by atoms with Crippen molar-refractivity contribution in [2.45, 2.75) is 39.3 Å². The van der Waals surface area contributed by atoms with Crippen LogP contribution in [-0.2, 0) is 12.6 Å². The third-order valence-electron chi connectivity index (χ3n) is 4.75. The number of hydrogen-bond acceptors (Lipinski definition) is 2. The van der Waals surface area contributed by atoms with Crippen LogP contribution in [0, 0.1) is 5.92 Å². The summed E-state index contributed by atoms with van der Waals surface area (Å²) in [5, 5.41) is 6.51. The monoisotopic (exact) mass is 512 g/mol. The van der Waals surface area contributed by atoms with Gasteiger partial charge in [0, 0.05) is 26.2 Å². The first-order valence-electron chi connectivity index (χ1n) is 9.83. The van der Waals surface area contributed by atoms with E-state index < -0.39 is 11.7 Å². The Kier molecular flexibility index (Phi) is 11.2. The number of halogens is 4. The van der Waals surface area contributed by atoms with Crippen molar-refractivity contribution in [2.75, 3.05) is 39.3 Å². The number of rotatable bonds is 8. The first-order valence-corrected chi connectivity index (χ1v) is 9.83. The molecule has 1 heterocycles. The molecule has 0 spiro atoms. The van der Waals surface area contributed by atoms with Gasteiger partial charge in [-0.15, -0.1) is 24.0 Å². The summed E-state index contributed by atoms with van der Waals surface area (Å²) in [6, 6.07) is 5.35. The van der Waals surface area contributed by atoms with Crippen LogP contribution in [0.25, 0.3) is 0 Å². The molecule has 0 radical (unpaired) electrons. The molecule has 28 heavy (non-hydrogen) atoms. The number of guanidine groups is 1. The van der Waals surface area contributed by atoms with Gasteiger partial charge < -0.3 is 15.5 Å². The highest BCUT2D eigenvalue weighted by Crippen LogP contribution is 2.29. The molecule has 1 fully saturated rings. The van der Waals surface area contributed by atoms with E-state index >= 15 is 0 Å². The van der Waals surface area contributed by atoms with Crippen molar-refractivity contribution in [1.82, 2.24) is 15.5 Å².